The molecule has 0 amide bonds. The van der Waals surface area contributed by atoms with Crippen LogP contribution in [-0.2, 0) is 16.8 Å². The van der Waals surface area contributed by atoms with Gasteiger partial charge in [-0.05, 0) is 80.6 Å². The number of nitrogens with zero attached hydrogens (tertiary/aromatic N) is 5. The summed E-state index contributed by atoms with van der Waals surface area (Å²) in [4.78, 5) is 18.6. The van der Waals surface area contributed by atoms with Crippen molar-refractivity contribution in [2.45, 2.75) is 85.0 Å². The van der Waals surface area contributed by atoms with Crippen molar-refractivity contribution >= 4 is 10.9 Å². The quantitative estimate of drug-likeness (QED) is 0.419. The zero-order valence-corrected chi connectivity index (χ0v) is 22.5. The number of tetrazole rings is 1. The molecule has 0 bridgehead atoms. The van der Waals surface area contributed by atoms with Gasteiger partial charge in [0.2, 0.25) is 0 Å². The Balaban J connectivity index is 1.75. The van der Waals surface area contributed by atoms with E-state index in [1.54, 1.807) is 0 Å². The number of hydrogen-bond donors (Lipinski definition) is 1. The Kier molecular flexibility index (Phi) is 8.10. The second-order valence-corrected chi connectivity index (χ2v) is 10.7. The second kappa shape index (κ2) is 11.1. The van der Waals surface area contributed by atoms with Crippen molar-refractivity contribution in [2.24, 2.45) is 5.92 Å². The molecule has 1 aliphatic rings. The Labute approximate surface area is 213 Å². The average molecular weight is 497 g/mol. The molecule has 1 aliphatic heterocycles. The highest BCUT2D eigenvalue weighted by Crippen LogP contribution is 2.33. The predicted molar refractivity (Wildman–Crippen MR) is 140 cm³/mol. The summed E-state index contributed by atoms with van der Waals surface area (Å²) in [6.45, 7) is 15.3. The molecule has 9 heteroatoms. The maximum atomic E-state index is 13.2. The molecule has 3 heterocycles. The van der Waals surface area contributed by atoms with Crippen molar-refractivity contribution in [3.05, 3.63) is 46.0 Å². The lowest BCUT2D eigenvalue weighted by Crippen LogP contribution is -2.41. The molecule has 4 rings (SSSR count). The lowest BCUT2D eigenvalue weighted by molar-refractivity contribution is 0.0368. The van der Waals surface area contributed by atoms with Crippen LogP contribution in [0.25, 0.3) is 10.9 Å². The standard InChI is InChI=1S/C27H40N6O3/c1-7-27(5,6)33-25(29-30-31-33)24(18(3)4)32(17-22-10-9-13-36-22)16-20-14-19-15-21(35-8-2)11-12-23(19)28-26(20)34/h11-12,14-15,18,22,24H,7-10,13,16-17H2,1-6H3,(H,28,34)/t22-,24+/m0/s1. The van der Waals surface area contributed by atoms with Gasteiger partial charge in [0, 0.05) is 36.2 Å². The third-order valence-electron chi connectivity index (χ3n) is 7.26. The molecule has 1 saturated heterocycles. The number of ether oxygens (including phenoxy) is 2. The Hall–Kier alpha value is -2.78. The van der Waals surface area contributed by atoms with E-state index in [4.69, 9.17) is 9.47 Å². The fourth-order valence-corrected chi connectivity index (χ4v) is 4.99. The molecule has 3 aromatic rings. The van der Waals surface area contributed by atoms with Gasteiger partial charge >= 0.3 is 0 Å². The number of H-pyrrole nitrogens is 1. The van der Waals surface area contributed by atoms with E-state index < -0.39 is 0 Å². The SMILES string of the molecule is CCOc1ccc2[nH]c(=O)c(CN(C[C@@H]3CCCO3)[C@@H](c3nnnn3C(C)(C)CC)C(C)C)cc2c1. The molecule has 1 aromatic carbocycles. The molecule has 36 heavy (non-hydrogen) atoms. The zero-order valence-electron chi connectivity index (χ0n) is 22.5. The van der Waals surface area contributed by atoms with Crippen molar-refractivity contribution in [1.29, 1.82) is 0 Å². The first kappa shape index (κ1) is 26.3. The fourth-order valence-electron chi connectivity index (χ4n) is 4.99. The van der Waals surface area contributed by atoms with Gasteiger partial charge in [0.25, 0.3) is 5.56 Å². The lowest BCUT2D eigenvalue weighted by atomic mass is 9.97. The van der Waals surface area contributed by atoms with E-state index in [0.29, 0.717) is 25.3 Å². The van der Waals surface area contributed by atoms with Crippen LogP contribution < -0.4 is 10.3 Å². The number of nitrogens with one attached hydrogen (secondary N) is 1. The minimum Gasteiger partial charge on any atom is -0.494 e. The predicted octanol–water partition coefficient (Wildman–Crippen LogP) is 4.44. The Bertz CT molecular complexity index is 1210. The third-order valence-corrected chi connectivity index (χ3v) is 7.26. The molecule has 2 aromatic heterocycles. The number of hydrogen-bond acceptors (Lipinski definition) is 7. The van der Waals surface area contributed by atoms with Crippen LogP contribution in [0, 0.1) is 5.92 Å². The van der Waals surface area contributed by atoms with Crippen LogP contribution >= 0.6 is 0 Å². The molecule has 0 aliphatic carbocycles. The first-order valence-corrected chi connectivity index (χ1v) is 13.2. The summed E-state index contributed by atoms with van der Waals surface area (Å²) in [5, 5.41) is 13.9. The third kappa shape index (κ3) is 5.62. The minimum absolute atomic E-state index is 0.0833. The number of fused-ring (bicyclic) bond motifs is 1. The first-order valence-electron chi connectivity index (χ1n) is 13.2. The van der Waals surface area contributed by atoms with Crippen LogP contribution in [0.5, 0.6) is 5.75 Å². The largest absolute Gasteiger partial charge is 0.494 e. The van der Waals surface area contributed by atoms with Crippen LogP contribution in [0.3, 0.4) is 0 Å². The van der Waals surface area contributed by atoms with E-state index >= 15 is 0 Å². The Morgan fingerprint density at radius 1 is 1.28 bits per heavy atom. The van der Waals surface area contributed by atoms with E-state index in [-0.39, 0.29) is 29.2 Å². The van der Waals surface area contributed by atoms with Crippen molar-refractivity contribution in [2.75, 3.05) is 19.8 Å². The molecule has 0 spiro atoms. The van der Waals surface area contributed by atoms with E-state index in [1.165, 1.54) is 0 Å². The maximum absolute atomic E-state index is 13.2. The summed E-state index contributed by atoms with van der Waals surface area (Å²) in [6, 6.07) is 7.66. The van der Waals surface area contributed by atoms with Gasteiger partial charge in [0.15, 0.2) is 5.82 Å². The molecule has 0 radical (unpaired) electrons. The maximum Gasteiger partial charge on any atom is 0.252 e. The van der Waals surface area contributed by atoms with Gasteiger partial charge in [-0.25, -0.2) is 4.68 Å². The zero-order chi connectivity index (χ0) is 25.9. The van der Waals surface area contributed by atoms with Crippen molar-refractivity contribution in [3.8, 4) is 5.75 Å². The average Bonchev–Trinajstić information content (AvgIpc) is 3.53. The highest BCUT2D eigenvalue weighted by molar-refractivity contribution is 5.80. The summed E-state index contributed by atoms with van der Waals surface area (Å²) in [5.74, 6) is 1.83. The molecule has 1 N–H and O–H groups in total. The van der Waals surface area contributed by atoms with Crippen LogP contribution in [0.1, 0.15) is 78.2 Å². The molecule has 0 unspecified atom stereocenters. The number of benzene rings is 1. The van der Waals surface area contributed by atoms with Crippen LogP contribution in [-0.4, -0.2) is 56.0 Å². The van der Waals surface area contributed by atoms with Gasteiger partial charge in [-0.2, -0.15) is 0 Å². The molecular weight excluding hydrogens is 456 g/mol. The minimum atomic E-state index is -0.225. The monoisotopic (exact) mass is 496 g/mol. The Morgan fingerprint density at radius 3 is 2.75 bits per heavy atom. The molecule has 196 valence electrons. The smallest absolute Gasteiger partial charge is 0.252 e. The van der Waals surface area contributed by atoms with E-state index in [0.717, 1.165) is 48.3 Å². The van der Waals surface area contributed by atoms with Gasteiger partial charge in [-0.3, -0.25) is 9.69 Å². The normalized spacial score (nSPS) is 17.4. The molecular formula is C27H40N6O3. The highest BCUT2D eigenvalue weighted by Gasteiger charge is 2.35. The first-order chi connectivity index (χ1) is 17.2. The van der Waals surface area contributed by atoms with Crippen LogP contribution in [0.4, 0.5) is 0 Å². The van der Waals surface area contributed by atoms with Crippen LogP contribution in [0.15, 0.2) is 29.1 Å². The van der Waals surface area contributed by atoms with E-state index in [2.05, 4.69) is 60.0 Å². The van der Waals surface area contributed by atoms with Crippen molar-refractivity contribution in [3.63, 3.8) is 0 Å². The lowest BCUT2D eigenvalue weighted by Gasteiger charge is -2.36. The molecule has 9 nitrogen and oxygen atoms in total. The van der Waals surface area contributed by atoms with Gasteiger partial charge in [-0.1, -0.05) is 20.8 Å². The van der Waals surface area contributed by atoms with E-state index in [1.807, 2.05) is 35.9 Å². The van der Waals surface area contributed by atoms with E-state index in [9.17, 15) is 4.79 Å². The number of rotatable bonds is 11. The van der Waals surface area contributed by atoms with Crippen molar-refractivity contribution in [1.82, 2.24) is 30.1 Å². The number of pyridine rings is 1. The number of aromatic nitrogens is 5. The molecule has 0 saturated carbocycles. The van der Waals surface area contributed by atoms with Gasteiger partial charge in [0.05, 0.1) is 24.3 Å². The summed E-state index contributed by atoms with van der Waals surface area (Å²) in [6.07, 6.45) is 3.09. The molecule has 2 atom stereocenters. The second-order valence-electron chi connectivity index (χ2n) is 10.7. The van der Waals surface area contributed by atoms with Gasteiger partial charge in [0.1, 0.15) is 5.75 Å². The van der Waals surface area contributed by atoms with Crippen LogP contribution in [0.2, 0.25) is 0 Å². The van der Waals surface area contributed by atoms with Gasteiger partial charge in [-0.15, -0.1) is 5.10 Å². The fraction of sp³-hybridized carbons (Fsp3) is 0.630. The highest BCUT2D eigenvalue weighted by atomic mass is 16.5. The summed E-state index contributed by atoms with van der Waals surface area (Å²) in [5.41, 5.74) is 1.19. The summed E-state index contributed by atoms with van der Waals surface area (Å²) >= 11 is 0. The molecule has 1 fully saturated rings. The number of aromatic amines is 1. The Morgan fingerprint density at radius 2 is 2.08 bits per heavy atom. The van der Waals surface area contributed by atoms with Gasteiger partial charge < -0.3 is 14.5 Å². The summed E-state index contributed by atoms with van der Waals surface area (Å²) in [7, 11) is 0. The topological polar surface area (TPSA) is 98.2 Å². The van der Waals surface area contributed by atoms with Crippen molar-refractivity contribution < 1.29 is 9.47 Å². The summed E-state index contributed by atoms with van der Waals surface area (Å²) < 4.78 is 13.7.